The summed E-state index contributed by atoms with van der Waals surface area (Å²) in [6.45, 7) is 5.73. The molecule has 2 aromatic heterocycles. The van der Waals surface area contributed by atoms with E-state index in [0.29, 0.717) is 17.5 Å². The number of aromatic nitrogens is 5. The quantitative estimate of drug-likeness (QED) is 0.666. The van der Waals surface area contributed by atoms with Gasteiger partial charge in [-0.25, -0.2) is 4.68 Å². The van der Waals surface area contributed by atoms with E-state index in [1.165, 1.54) is 0 Å². The zero-order chi connectivity index (χ0) is 18.0. The molecule has 130 valence electrons. The molecule has 0 aliphatic carbocycles. The number of rotatable bonds is 5. The van der Waals surface area contributed by atoms with E-state index in [2.05, 4.69) is 20.4 Å². The van der Waals surface area contributed by atoms with Gasteiger partial charge in [0, 0.05) is 17.3 Å². The number of hydrogen-bond donors (Lipinski definition) is 0. The van der Waals surface area contributed by atoms with Crippen molar-refractivity contribution in [3.63, 3.8) is 0 Å². The Hall–Kier alpha value is -3.16. The van der Waals surface area contributed by atoms with Gasteiger partial charge in [0.1, 0.15) is 11.5 Å². The lowest BCUT2D eigenvalue weighted by Gasteiger charge is -2.07. The fourth-order valence-corrected chi connectivity index (χ4v) is 2.49. The van der Waals surface area contributed by atoms with E-state index in [0.717, 1.165) is 22.7 Å². The highest BCUT2D eigenvalue weighted by molar-refractivity contribution is 5.84. The van der Waals surface area contributed by atoms with Crippen molar-refractivity contribution in [1.29, 1.82) is 0 Å². The molecule has 0 atom stereocenters. The molecule has 0 radical (unpaired) electrons. The second-order valence-electron chi connectivity index (χ2n) is 5.55. The minimum absolute atomic E-state index is 0.534. The number of aryl methyl sites for hydroxylation is 3. The predicted octanol–water partition coefficient (Wildman–Crippen LogP) is 2.29. The summed E-state index contributed by atoms with van der Waals surface area (Å²) in [5, 5.41) is 17.3. The lowest BCUT2D eigenvalue weighted by atomic mass is 10.2. The molecule has 2 heterocycles. The molecule has 0 N–H and O–H groups in total. The summed E-state index contributed by atoms with van der Waals surface area (Å²) in [5.41, 5.74) is 2.68. The molecule has 0 saturated carbocycles. The van der Waals surface area contributed by atoms with Gasteiger partial charge in [-0.3, -0.25) is 0 Å². The van der Waals surface area contributed by atoms with Crippen LogP contribution in [0, 0.1) is 20.8 Å². The summed E-state index contributed by atoms with van der Waals surface area (Å²) in [7, 11) is 3.22. The average Bonchev–Trinajstić information content (AvgIpc) is 3.14. The van der Waals surface area contributed by atoms with Crippen molar-refractivity contribution in [3.8, 4) is 17.4 Å². The molecular weight excluding hydrogens is 320 g/mol. The Bertz CT molecular complexity index is 925. The van der Waals surface area contributed by atoms with Crippen LogP contribution in [0.15, 0.2) is 29.4 Å². The summed E-state index contributed by atoms with van der Waals surface area (Å²) in [4.78, 5) is 0. The first-order valence-corrected chi connectivity index (χ1v) is 7.75. The van der Waals surface area contributed by atoms with Gasteiger partial charge in [0.15, 0.2) is 5.82 Å². The van der Waals surface area contributed by atoms with Gasteiger partial charge in [-0.1, -0.05) is 0 Å². The van der Waals surface area contributed by atoms with Gasteiger partial charge in [0.25, 0.3) is 5.95 Å². The maximum absolute atomic E-state index is 5.40. The van der Waals surface area contributed by atoms with Crippen LogP contribution in [0.5, 0.6) is 11.5 Å². The zero-order valence-corrected chi connectivity index (χ0v) is 14.9. The molecule has 0 amide bonds. The third-order valence-corrected chi connectivity index (χ3v) is 3.73. The summed E-state index contributed by atoms with van der Waals surface area (Å²) < 4.78 is 14.0. The predicted molar refractivity (Wildman–Crippen MR) is 93.9 cm³/mol. The summed E-state index contributed by atoms with van der Waals surface area (Å²) in [6, 6.07) is 7.52. The van der Waals surface area contributed by atoms with Gasteiger partial charge >= 0.3 is 0 Å². The number of methoxy groups -OCH3 is 2. The van der Waals surface area contributed by atoms with Crippen LogP contribution in [-0.4, -0.2) is 45.1 Å². The van der Waals surface area contributed by atoms with Crippen molar-refractivity contribution in [2.45, 2.75) is 20.8 Å². The monoisotopic (exact) mass is 340 g/mol. The first-order chi connectivity index (χ1) is 12.0. The van der Waals surface area contributed by atoms with Gasteiger partial charge in [0.2, 0.25) is 0 Å². The van der Waals surface area contributed by atoms with Crippen molar-refractivity contribution in [2.75, 3.05) is 14.2 Å². The standard InChI is InChI=1S/C17H20N6O2/c1-11-8-12(2)22(21-11)17-20-19-13(3)23(17)18-10-14-6-7-15(24-4)9-16(14)25-5/h6-10H,1-5H3/b18-10-. The first-order valence-electron chi connectivity index (χ1n) is 7.75. The highest BCUT2D eigenvalue weighted by atomic mass is 16.5. The third-order valence-electron chi connectivity index (χ3n) is 3.73. The second kappa shape index (κ2) is 6.76. The number of nitrogens with zero attached hydrogens (tertiary/aromatic N) is 6. The smallest absolute Gasteiger partial charge is 0.273 e. The lowest BCUT2D eigenvalue weighted by molar-refractivity contribution is 0.394. The van der Waals surface area contributed by atoms with Crippen molar-refractivity contribution in [2.24, 2.45) is 5.10 Å². The molecule has 0 fully saturated rings. The zero-order valence-electron chi connectivity index (χ0n) is 14.9. The van der Waals surface area contributed by atoms with Crippen molar-refractivity contribution < 1.29 is 9.47 Å². The van der Waals surface area contributed by atoms with E-state index in [9.17, 15) is 0 Å². The molecule has 0 aliphatic rings. The normalized spacial score (nSPS) is 11.2. The Kier molecular flexibility index (Phi) is 4.51. The lowest BCUT2D eigenvalue weighted by Crippen LogP contribution is -2.08. The van der Waals surface area contributed by atoms with E-state index in [4.69, 9.17) is 9.47 Å². The molecule has 0 spiro atoms. The largest absolute Gasteiger partial charge is 0.497 e. The Morgan fingerprint density at radius 3 is 2.48 bits per heavy atom. The van der Waals surface area contributed by atoms with E-state index in [-0.39, 0.29) is 0 Å². The van der Waals surface area contributed by atoms with Crippen LogP contribution in [0.4, 0.5) is 0 Å². The van der Waals surface area contributed by atoms with Gasteiger partial charge in [0.05, 0.1) is 26.1 Å². The molecule has 0 bridgehead atoms. The van der Waals surface area contributed by atoms with E-state index < -0.39 is 0 Å². The molecule has 8 nitrogen and oxygen atoms in total. The number of hydrogen-bond acceptors (Lipinski definition) is 6. The molecular formula is C17H20N6O2. The SMILES string of the molecule is COc1ccc(/C=N\n2c(C)nnc2-n2nc(C)cc2C)c(OC)c1. The maximum atomic E-state index is 5.40. The van der Waals surface area contributed by atoms with Gasteiger partial charge < -0.3 is 9.47 Å². The van der Waals surface area contributed by atoms with Crippen LogP contribution in [-0.2, 0) is 0 Å². The molecule has 1 aromatic carbocycles. The van der Waals surface area contributed by atoms with Crippen molar-refractivity contribution in [3.05, 3.63) is 47.0 Å². The van der Waals surface area contributed by atoms with Gasteiger partial charge in [-0.2, -0.15) is 14.9 Å². The Morgan fingerprint density at radius 1 is 1.04 bits per heavy atom. The molecule has 3 aromatic rings. The van der Waals surface area contributed by atoms with Crippen molar-refractivity contribution in [1.82, 2.24) is 24.7 Å². The number of benzene rings is 1. The fourth-order valence-electron chi connectivity index (χ4n) is 2.49. The molecule has 0 unspecified atom stereocenters. The third kappa shape index (κ3) is 3.23. The van der Waals surface area contributed by atoms with Crippen LogP contribution in [0.1, 0.15) is 22.8 Å². The number of ether oxygens (including phenoxy) is 2. The van der Waals surface area contributed by atoms with Gasteiger partial charge in [-0.15, -0.1) is 10.2 Å². The first kappa shape index (κ1) is 16.7. The Balaban J connectivity index is 2.00. The molecule has 8 heteroatoms. The van der Waals surface area contributed by atoms with Crippen LogP contribution in [0.3, 0.4) is 0 Å². The fraction of sp³-hybridized carbons (Fsp3) is 0.294. The molecule has 25 heavy (non-hydrogen) atoms. The molecule has 0 saturated heterocycles. The second-order valence-corrected chi connectivity index (χ2v) is 5.55. The maximum Gasteiger partial charge on any atom is 0.273 e. The topological polar surface area (TPSA) is 79.4 Å². The minimum Gasteiger partial charge on any atom is -0.497 e. The highest BCUT2D eigenvalue weighted by Gasteiger charge is 2.13. The Morgan fingerprint density at radius 2 is 1.84 bits per heavy atom. The van der Waals surface area contributed by atoms with Crippen LogP contribution in [0.2, 0.25) is 0 Å². The minimum atomic E-state index is 0.534. The van der Waals surface area contributed by atoms with Crippen molar-refractivity contribution >= 4 is 6.21 Å². The van der Waals surface area contributed by atoms with Crippen LogP contribution in [0.25, 0.3) is 5.95 Å². The van der Waals surface area contributed by atoms with Crippen LogP contribution >= 0.6 is 0 Å². The van der Waals surface area contributed by atoms with E-state index in [1.807, 2.05) is 45.0 Å². The summed E-state index contributed by atoms with van der Waals surface area (Å²) in [5.74, 6) is 2.58. The van der Waals surface area contributed by atoms with Crippen LogP contribution < -0.4 is 9.47 Å². The average molecular weight is 340 g/mol. The summed E-state index contributed by atoms with van der Waals surface area (Å²) >= 11 is 0. The molecule has 0 aliphatic heterocycles. The van der Waals surface area contributed by atoms with E-state index >= 15 is 0 Å². The molecule has 3 rings (SSSR count). The highest BCUT2D eigenvalue weighted by Crippen LogP contribution is 2.23. The summed E-state index contributed by atoms with van der Waals surface area (Å²) in [6.07, 6.45) is 1.70. The van der Waals surface area contributed by atoms with E-state index in [1.54, 1.807) is 29.8 Å². The Labute approximate surface area is 145 Å². The van der Waals surface area contributed by atoms with Gasteiger partial charge in [-0.05, 0) is 39.0 Å².